The molecule has 1 amide bonds. The molecule has 24 heavy (non-hydrogen) atoms. The third kappa shape index (κ3) is 4.69. The molecule has 0 heterocycles. The van der Waals surface area contributed by atoms with E-state index in [-0.39, 0.29) is 18.3 Å². The summed E-state index contributed by atoms with van der Waals surface area (Å²) in [4.78, 5) is 23.3. The van der Waals surface area contributed by atoms with Gasteiger partial charge in [0.2, 0.25) is 0 Å². The zero-order valence-corrected chi connectivity index (χ0v) is 14.6. The molecule has 0 unspecified atom stereocenters. The minimum atomic E-state index is -0.192. The smallest absolute Gasteiger partial charge is 0.258 e. The number of ether oxygens (including phenoxy) is 1. The van der Waals surface area contributed by atoms with E-state index in [1.54, 1.807) is 24.3 Å². The minimum Gasteiger partial charge on any atom is -0.484 e. The summed E-state index contributed by atoms with van der Waals surface area (Å²) in [5.41, 5.74) is 5.26. The van der Waals surface area contributed by atoms with Crippen LogP contribution in [0, 0.1) is 20.8 Å². The average Bonchev–Trinajstić information content (AvgIpc) is 2.52. The molecule has 0 fully saturated rings. The lowest BCUT2D eigenvalue weighted by Gasteiger charge is -2.13. The first kappa shape index (κ1) is 17.7. The number of aryl methyl sites for hydroxylation is 3. The lowest BCUT2D eigenvalue weighted by Crippen LogP contribution is -2.29. The van der Waals surface area contributed by atoms with Crippen molar-refractivity contribution in [3.05, 3.63) is 64.2 Å². The normalized spacial score (nSPS) is 10.3. The molecule has 2 rings (SSSR count). The standard InChI is InChI=1S/C20H23NO3/c1-13-8-14(2)19(15(3)9-13)11-21-20(23)12-24-18-7-5-6-17(10-18)16(4)22/h5-10H,11-12H2,1-4H3,(H,21,23). The number of ketones is 1. The molecule has 0 saturated heterocycles. The molecule has 2 aromatic rings. The summed E-state index contributed by atoms with van der Waals surface area (Å²) in [6, 6.07) is 11.1. The Bertz CT molecular complexity index is 742. The number of benzene rings is 2. The van der Waals surface area contributed by atoms with Gasteiger partial charge in [-0.1, -0.05) is 29.8 Å². The second-order valence-electron chi connectivity index (χ2n) is 6.03. The van der Waals surface area contributed by atoms with Gasteiger partial charge in [0.05, 0.1) is 0 Å². The highest BCUT2D eigenvalue weighted by Gasteiger charge is 2.08. The Balaban J connectivity index is 1.90. The molecule has 0 saturated carbocycles. The summed E-state index contributed by atoms with van der Waals surface area (Å²) in [6.45, 7) is 8.05. The number of amides is 1. The van der Waals surface area contributed by atoms with Crippen LogP contribution in [-0.4, -0.2) is 18.3 Å². The van der Waals surface area contributed by atoms with Crippen LogP contribution in [0.2, 0.25) is 0 Å². The van der Waals surface area contributed by atoms with E-state index in [4.69, 9.17) is 4.74 Å². The molecule has 0 aliphatic rings. The number of carbonyl (C=O) groups excluding carboxylic acids is 2. The second kappa shape index (κ2) is 7.77. The molecule has 0 bridgehead atoms. The van der Waals surface area contributed by atoms with Crippen LogP contribution in [0.3, 0.4) is 0 Å². The van der Waals surface area contributed by atoms with E-state index in [0.717, 1.165) is 5.56 Å². The van der Waals surface area contributed by atoms with E-state index in [1.807, 2.05) is 13.8 Å². The van der Waals surface area contributed by atoms with E-state index >= 15 is 0 Å². The molecular weight excluding hydrogens is 302 g/mol. The van der Waals surface area contributed by atoms with Crippen LogP contribution in [0.1, 0.15) is 39.5 Å². The van der Waals surface area contributed by atoms with Crippen molar-refractivity contribution in [1.82, 2.24) is 5.32 Å². The van der Waals surface area contributed by atoms with E-state index in [2.05, 4.69) is 24.4 Å². The number of rotatable bonds is 6. The third-order valence-electron chi connectivity index (χ3n) is 3.91. The monoisotopic (exact) mass is 325 g/mol. The van der Waals surface area contributed by atoms with Crippen molar-refractivity contribution in [1.29, 1.82) is 0 Å². The highest BCUT2D eigenvalue weighted by Crippen LogP contribution is 2.16. The van der Waals surface area contributed by atoms with Crippen molar-refractivity contribution < 1.29 is 14.3 Å². The first-order chi connectivity index (χ1) is 11.4. The Labute approximate surface area is 142 Å². The summed E-state index contributed by atoms with van der Waals surface area (Å²) in [5.74, 6) is 0.290. The van der Waals surface area contributed by atoms with Gasteiger partial charge in [-0.25, -0.2) is 0 Å². The molecular formula is C20H23NO3. The fraction of sp³-hybridized carbons (Fsp3) is 0.300. The van der Waals surface area contributed by atoms with Gasteiger partial charge in [0, 0.05) is 12.1 Å². The van der Waals surface area contributed by atoms with E-state index in [1.165, 1.54) is 23.6 Å². The molecule has 126 valence electrons. The Hall–Kier alpha value is -2.62. The van der Waals surface area contributed by atoms with Crippen molar-refractivity contribution in [2.24, 2.45) is 0 Å². The number of hydrogen-bond acceptors (Lipinski definition) is 3. The first-order valence-electron chi connectivity index (χ1n) is 7.94. The quantitative estimate of drug-likeness (QED) is 0.827. The van der Waals surface area contributed by atoms with Crippen LogP contribution in [0.5, 0.6) is 5.75 Å². The maximum atomic E-state index is 12.0. The molecule has 0 spiro atoms. The predicted octanol–water partition coefficient (Wildman–Crippen LogP) is 3.51. The molecule has 4 nitrogen and oxygen atoms in total. The maximum absolute atomic E-state index is 12.0. The molecule has 0 aliphatic carbocycles. The van der Waals surface area contributed by atoms with Crippen LogP contribution >= 0.6 is 0 Å². The highest BCUT2D eigenvalue weighted by molar-refractivity contribution is 5.94. The Morgan fingerprint density at radius 3 is 2.33 bits per heavy atom. The maximum Gasteiger partial charge on any atom is 0.258 e. The number of carbonyl (C=O) groups is 2. The van der Waals surface area contributed by atoms with Gasteiger partial charge < -0.3 is 10.1 Å². The lowest BCUT2D eigenvalue weighted by atomic mass is 10.00. The first-order valence-corrected chi connectivity index (χ1v) is 7.94. The summed E-state index contributed by atoms with van der Waals surface area (Å²) in [5, 5.41) is 2.88. The van der Waals surface area contributed by atoms with Gasteiger partial charge in [-0.3, -0.25) is 9.59 Å². The Kier molecular flexibility index (Phi) is 5.74. The molecule has 1 N–H and O–H groups in total. The van der Waals surface area contributed by atoms with E-state index in [9.17, 15) is 9.59 Å². The van der Waals surface area contributed by atoms with Crippen LogP contribution < -0.4 is 10.1 Å². The van der Waals surface area contributed by atoms with Crippen molar-refractivity contribution in [3.63, 3.8) is 0 Å². The largest absolute Gasteiger partial charge is 0.484 e. The van der Waals surface area contributed by atoms with E-state index < -0.39 is 0 Å². The van der Waals surface area contributed by atoms with Gasteiger partial charge in [0.1, 0.15) is 5.75 Å². The van der Waals surface area contributed by atoms with E-state index in [0.29, 0.717) is 17.9 Å². The summed E-state index contributed by atoms with van der Waals surface area (Å²) in [7, 11) is 0. The number of hydrogen-bond donors (Lipinski definition) is 1. The van der Waals surface area contributed by atoms with Crippen LogP contribution in [0.25, 0.3) is 0 Å². The van der Waals surface area contributed by atoms with Crippen LogP contribution in [0.15, 0.2) is 36.4 Å². The molecule has 0 atom stereocenters. The topological polar surface area (TPSA) is 55.4 Å². The van der Waals surface area contributed by atoms with Gasteiger partial charge in [-0.15, -0.1) is 0 Å². The molecule has 2 aromatic carbocycles. The molecule has 0 radical (unpaired) electrons. The molecule has 0 aliphatic heterocycles. The van der Waals surface area contributed by atoms with Crippen molar-refractivity contribution in [2.75, 3.05) is 6.61 Å². The van der Waals surface area contributed by atoms with Gasteiger partial charge in [-0.05, 0) is 56.5 Å². The second-order valence-corrected chi connectivity index (χ2v) is 6.03. The fourth-order valence-electron chi connectivity index (χ4n) is 2.68. The van der Waals surface area contributed by atoms with Gasteiger partial charge in [-0.2, -0.15) is 0 Å². The fourth-order valence-corrected chi connectivity index (χ4v) is 2.68. The van der Waals surface area contributed by atoms with Crippen LogP contribution in [-0.2, 0) is 11.3 Å². The minimum absolute atomic E-state index is 0.0322. The molecule has 4 heteroatoms. The zero-order chi connectivity index (χ0) is 17.7. The zero-order valence-electron chi connectivity index (χ0n) is 14.6. The molecule has 0 aromatic heterocycles. The summed E-state index contributed by atoms with van der Waals surface area (Å²) < 4.78 is 5.46. The summed E-state index contributed by atoms with van der Waals surface area (Å²) >= 11 is 0. The van der Waals surface area contributed by atoms with Gasteiger partial charge in [0.25, 0.3) is 5.91 Å². The van der Waals surface area contributed by atoms with Crippen molar-refractivity contribution in [2.45, 2.75) is 34.2 Å². The van der Waals surface area contributed by atoms with Gasteiger partial charge in [0.15, 0.2) is 12.4 Å². The van der Waals surface area contributed by atoms with Crippen molar-refractivity contribution in [3.8, 4) is 5.75 Å². The highest BCUT2D eigenvalue weighted by atomic mass is 16.5. The predicted molar refractivity (Wildman–Crippen MR) is 94.4 cm³/mol. The van der Waals surface area contributed by atoms with Gasteiger partial charge >= 0.3 is 0 Å². The lowest BCUT2D eigenvalue weighted by molar-refractivity contribution is -0.123. The average molecular weight is 325 g/mol. The number of Topliss-reactive ketones (excluding diaryl/α,β-unsaturated/α-hetero) is 1. The van der Waals surface area contributed by atoms with Crippen molar-refractivity contribution >= 4 is 11.7 Å². The third-order valence-corrected chi connectivity index (χ3v) is 3.91. The number of nitrogens with one attached hydrogen (secondary N) is 1. The summed E-state index contributed by atoms with van der Waals surface area (Å²) in [6.07, 6.45) is 0. The SMILES string of the molecule is CC(=O)c1cccc(OCC(=O)NCc2c(C)cc(C)cc2C)c1. The van der Waals surface area contributed by atoms with Crippen LogP contribution in [0.4, 0.5) is 0 Å². The Morgan fingerprint density at radius 1 is 1.04 bits per heavy atom. The Morgan fingerprint density at radius 2 is 1.71 bits per heavy atom.